The summed E-state index contributed by atoms with van der Waals surface area (Å²) in [6, 6.07) is 15.6. The van der Waals surface area contributed by atoms with Crippen LogP contribution in [0.1, 0.15) is 50.2 Å². The molecule has 1 amide bonds. The van der Waals surface area contributed by atoms with E-state index >= 15 is 0 Å². The van der Waals surface area contributed by atoms with Crippen LogP contribution in [0.4, 0.5) is 5.69 Å². The Labute approximate surface area is 196 Å². The van der Waals surface area contributed by atoms with Gasteiger partial charge in [0.2, 0.25) is 4.96 Å². The number of amides is 1. The van der Waals surface area contributed by atoms with Gasteiger partial charge in [-0.2, -0.15) is 9.50 Å². The lowest BCUT2D eigenvalue weighted by atomic mass is 10.1. The molecule has 4 aromatic rings. The maximum absolute atomic E-state index is 13.5. The van der Waals surface area contributed by atoms with Gasteiger partial charge in [-0.1, -0.05) is 92.0 Å². The van der Waals surface area contributed by atoms with E-state index in [2.05, 4.69) is 17.0 Å². The average Bonchev–Trinajstić information content (AvgIpc) is 3.45. The summed E-state index contributed by atoms with van der Waals surface area (Å²) in [5, 5.41) is 4.45. The van der Waals surface area contributed by atoms with Crippen LogP contribution in [0.3, 0.4) is 0 Å². The molecule has 0 saturated heterocycles. The molecule has 0 atom stereocenters. The molecule has 0 saturated carbocycles. The van der Waals surface area contributed by atoms with E-state index in [4.69, 9.17) is 0 Å². The van der Waals surface area contributed by atoms with Crippen molar-refractivity contribution in [2.45, 2.75) is 46.0 Å². The largest absolute Gasteiger partial charge is 0.308 e. The number of rotatable bonds is 7. The molecule has 1 aliphatic heterocycles. The van der Waals surface area contributed by atoms with Gasteiger partial charge in [-0.25, -0.2) is 0 Å². The first-order valence-electron chi connectivity index (χ1n) is 11.5. The standard InChI is InChI=1S/C26H26N4O2S/c1-3-4-5-6-9-16-29-20-11-8-7-10-19(20)21(24(29)31)22-25(32)30-26(33-22)27-23(28-30)18-14-12-17(2)13-15-18/h7-8,10-15H,3-6,9,16H2,1-2H3. The number of carbonyl (C=O) groups is 1. The van der Waals surface area contributed by atoms with Crippen LogP contribution < -0.4 is 15.0 Å². The van der Waals surface area contributed by atoms with Gasteiger partial charge in [-0.3, -0.25) is 9.59 Å². The predicted molar refractivity (Wildman–Crippen MR) is 133 cm³/mol. The fourth-order valence-corrected chi connectivity index (χ4v) is 5.30. The molecule has 0 spiro atoms. The Hall–Kier alpha value is -3.32. The van der Waals surface area contributed by atoms with Gasteiger partial charge in [0.05, 0.1) is 11.3 Å². The number of hydrogen-bond donors (Lipinski definition) is 0. The van der Waals surface area contributed by atoms with Crippen LogP contribution in [-0.2, 0) is 4.79 Å². The lowest BCUT2D eigenvalue weighted by Gasteiger charge is -2.16. The number of carbonyl (C=O) groups excluding carboxylic acids is 1. The van der Waals surface area contributed by atoms with Crippen LogP contribution in [0.15, 0.2) is 53.3 Å². The highest BCUT2D eigenvalue weighted by atomic mass is 32.1. The SMILES string of the molecule is CCCCCCCN1C(=O)C(=c2sc3nc(-c4ccc(C)cc4)nn3c2=O)c2ccccc21. The van der Waals surface area contributed by atoms with E-state index < -0.39 is 0 Å². The van der Waals surface area contributed by atoms with Crippen LogP contribution in [0.2, 0.25) is 0 Å². The molecule has 0 N–H and O–H groups in total. The van der Waals surface area contributed by atoms with Crippen LogP contribution in [0.5, 0.6) is 0 Å². The third-order valence-corrected chi connectivity index (χ3v) is 7.13. The maximum atomic E-state index is 13.5. The highest BCUT2D eigenvalue weighted by molar-refractivity contribution is 7.15. The lowest BCUT2D eigenvalue weighted by molar-refractivity contribution is -0.113. The van der Waals surface area contributed by atoms with Crippen molar-refractivity contribution in [2.24, 2.45) is 0 Å². The first-order valence-corrected chi connectivity index (χ1v) is 12.3. The minimum atomic E-state index is -0.288. The summed E-state index contributed by atoms with van der Waals surface area (Å²) in [4.78, 5) is 33.6. The Bertz CT molecular complexity index is 1440. The van der Waals surface area contributed by atoms with Crippen molar-refractivity contribution in [1.82, 2.24) is 14.6 Å². The lowest BCUT2D eigenvalue weighted by Crippen LogP contribution is -2.33. The first kappa shape index (κ1) is 21.5. The Morgan fingerprint density at radius 3 is 2.45 bits per heavy atom. The molecule has 0 fully saturated rings. The molecule has 5 rings (SSSR count). The molecule has 0 unspecified atom stereocenters. The van der Waals surface area contributed by atoms with Gasteiger partial charge in [0.1, 0.15) is 4.53 Å². The molecule has 7 heteroatoms. The first-order chi connectivity index (χ1) is 16.1. The second-order valence-electron chi connectivity index (χ2n) is 8.50. The summed E-state index contributed by atoms with van der Waals surface area (Å²) in [6.45, 7) is 4.88. The molecule has 2 aromatic carbocycles. The fraction of sp³-hybridized carbons (Fsp3) is 0.308. The number of nitrogens with zero attached hydrogens (tertiary/aromatic N) is 4. The Kier molecular flexibility index (Phi) is 5.81. The van der Waals surface area contributed by atoms with Crippen molar-refractivity contribution in [3.05, 3.63) is 74.5 Å². The molecule has 3 heterocycles. The molecule has 0 radical (unpaired) electrons. The molecule has 6 nitrogen and oxygen atoms in total. The van der Waals surface area contributed by atoms with Gasteiger partial charge in [-0.15, -0.1) is 5.10 Å². The van der Waals surface area contributed by atoms with Crippen LogP contribution in [0, 0.1) is 6.92 Å². The quantitative estimate of drug-likeness (QED) is 0.386. The van der Waals surface area contributed by atoms with E-state index in [1.165, 1.54) is 35.1 Å². The molecule has 1 aliphatic rings. The summed E-state index contributed by atoms with van der Waals surface area (Å²) in [6.07, 6.45) is 5.63. The minimum absolute atomic E-state index is 0.105. The number of aromatic nitrogens is 3. The molecule has 2 aromatic heterocycles. The number of para-hydroxylation sites is 1. The van der Waals surface area contributed by atoms with Gasteiger partial charge in [-0.05, 0) is 19.4 Å². The smallest absolute Gasteiger partial charge is 0.291 e. The number of fused-ring (bicyclic) bond motifs is 2. The highest BCUT2D eigenvalue weighted by Crippen LogP contribution is 2.35. The molecular weight excluding hydrogens is 432 g/mol. The van der Waals surface area contributed by atoms with Crippen molar-refractivity contribution < 1.29 is 4.79 Å². The Morgan fingerprint density at radius 1 is 0.939 bits per heavy atom. The van der Waals surface area contributed by atoms with Crippen LogP contribution >= 0.6 is 11.3 Å². The fourth-order valence-electron chi connectivity index (χ4n) is 4.31. The average molecular weight is 459 g/mol. The van der Waals surface area contributed by atoms with E-state index in [9.17, 15) is 9.59 Å². The number of hydrogen-bond acceptors (Lipinski definition) is 5. The van der Waals surface area contributed by atoms with Gasteiger partial charge >= 0.3 is 0 Å². The van der Waals surface area contributed by atoms with Crippen LogP contribution in [-0.4, -0.2) is 27.0 Å². The number of aryl methyl sites for hydroxylation is 1. The summed E-state index contributed by atoms with van der Waals surface area (Å²) < 4.78 is 1.73. The van der Waals surface area contributed by atoms with Gasteiger partial charge < -0.3 is 4.90 Å². The van der Waals surface area contributed by atoms with Crippen molar-refractivity contribution in [3.8, 4) is 11.4 Å². The Balaban J connectivity index is 1.54. The summed E-state index contributed by atoms with van der Waals surface area (Å²) in [5.41, 5.74) is 3.89. The van der Waals surface area contributed by atoms with Crippen molar-refractivity contribution in [2.75, 3.05) is 11.4 Å². The van der Waals surface area contributed by atoms with Crippen molar-refractivity contribution in [3.63, 3.8) is 0 Å². The molecule has 0 aliphatic carbocycles. The zero-order chi connectivity index (χ0) is 22.9. The summed E-state index contributed by atoms with van der Waals surface area (Å²) in [7, 11) is 0. The third kappa shape index (κ3) is 3.86. The Morgan fingerprint density at radius 2 is 1.70 bits per heavy atom. The molecule has 33 heavy (non-hydrogen) atoms. The summed E-state index contributed by atoms with van der Waals surface area (Å²) in [5.74, 6) is 0.411. The maximum Gasteiger partial charge on any atom is 0.291 e. The number of unbranched alkanes of at least 4 members (excludes halogenated alkanes) is 4. The topological polar surface area (TPSA) is 67.6 Å². The highest BCUT2D eigenvalue weighted by Gasteiger charge is 2.33. The number of benzene rings is 2. The van der Waals surface area contributed by atoms with E-state index in [1.807, 2.05) is 60.4 Å². The van der Waals surface area contributed by atoms with E-state index in [-0.39, 0.29) is 11.5 Å². The zero-order valence-corrected chi connectivity index (χ0v) is 19.7. The minimum Gasteiger partial charge on any atom is -0.308 e. The van der Waals surface area contributed by atoms with E-state index in [1.54, 1.807) is 0 Å². The van der Waals surface area contributed by atoms with E-state index in [0.29, 0.717) is 27.4 Å². The van der Waals surface area contributed by atoms with Gasteiger partial charge in [0.25, 0.3) is 11.5 Å². The second-order valence-corrected chi connectivity index (χ2v) is 9.47. The number of thiazole rings is 1. The van der Waals surface area contributed by atoms with Crippen LogP contribution in [0.25, 0.3) is 21.9 Å². The molecule has 168 valence electrons. The zero-order valence-electron chi connectivity index (χ0n) is 18.9. The molecular formula is C26H26N4O2S. The third-order valence-electron chi connectivity index (χ3n) is 6.10. The summed E-state index contributed by atoms with van der Waals surface area (Å²) >= 11 is 1.24. The van der Waals surface area contributed by atoms with Crippen molar-refractivity contribution >= 4 is 33.5 Å². The second kappa shape index (κ2) is 8.90. The molecule has 0 bridgehead atoms. The van der Waals surface area contributed by atoms with Crippen molar-refractivity contribution in [1.29, 1.82) is 0 Å². The number of anilines is 1. The van der Waals surface area contributed by atoms with Gasteiger partial charge in [0, 0.05) is 17.7 Å². The van der Waals surface area contributed by atoms with E-state index in [0.717, 1.165) is 35.2 Å². The normalized spacial score (nSPS) is 15.0. The van der Waals surface area contributed by atoms with Gasteiger partial charge in [0.15, 0.2) is 5.82 Å². The predicted octanol–water partition coefficient (Wildman–Crippen LogP) is 4.36. The monoisotopic (exact) mass is 458 g/mol.